The van der Waals surface area contributed by atoms with E-state index in [1.807, 2.05) is 18.2 Å². The maximum atomic E-state index is 5.80. The van der Waals surface area contributed by atoms with Crippen LogP contribution in [0.15, 0.2) is 18.2 Å². The van der Waals surface area contributed by atoms with Crippen molar-refractivity contribution in [1.29, 1.82) is 0 Å². The van der Waals surface area contributed by atoms with Crippen molar-refractivity contribution in [2.45, 2.75) is 13.0 Å². The molecule has 1 unspecified atom stereocenters. The number of nitrogens with zero attached hydrogens (tertiary/aromatic N) is 1. The Morgan fingerprint density at radius 1 is 1.50 bits per heavy atom. The first-order valence-electron chi connectivity index (χ1n) is 5.50. The van der Waals surface area contributed by atoms with Gasteiger partial charge in [0.25, 0.3) is 0 Å². The molecule has 1 aliphatic rings. The molecule has 0 aliphatic carbocycles. The highest BCUT2D eigenvalue weighted by atomic mass is 16.5. The van der Waals surface area contributed by atoms with E-state index in [-0.39, 0.29) is 0 Å². The van der Waals surface area contributed by atoms with E-state index >= 15 is 0 Å². The zero-order chi connectivity index (χ0) is 11.5. The van der Waals surface area contributed by atoms with Gasteiger partial charge >= 0.3 is 0 Å². The van der Waals surface area contributed by atoms with Crippen LogP contribution in [-0.4, -0.2) is 32.9 Å². The van der Waals surface area contributed by atoms with Crippen LogP contribution in [0.25, 0.3) is 0 Å². The molecular weight excluding hydrogens is 204 g/mol. The van der Waals surface area contributed by atoms with Gasteiger partial charge in [0.05, 0.1) is 26.0 Å². The minimum absolute atomic E-state index is 0.391. The van der Waals surface area contributed by atoms with E-state index in [1.165, 1.54) is 0 Å². The summed E-state index contributed by atoms with van der Waals surface area (Å²) in [6.07, 6.45) is 0. The van der Waals surface area contributed by atoms with E-state index in [4.69, 9.17) is 15.2 Å². The number of nitrogen functional groups attached to an aromatic ring is 1. The van der Waals surface area contributed by atoms with Crippen LogP contribution in [-0.2, 0) is 4.74 Å². The van der Waals surface area contributed by atoms with Gasteiger partial charge in [-0.05, 0) is 19.1 Å². The SMILES string of the molecule is COc1cc(N2CCOCC2C)ccc1N. The molecule has 1 fully saturated rings. The maximum Gasteiger partial charge on any atom is 0.143 e. The second-order valence-corrected chi connectivity index (χ2v) is 4.04. The number of hydrogen-bond acceptors (Lipinski definition) is 4. The van der Waals surface area contributed by atoms with Crippen molar-refractivity contribution in [3.8, 4) is 5.75 Å². The molecule has 2 rings (SSSR count). The number of benzene rings is 1. The van der Waals surface area contributed by atoms with Crippen molar-refractivity contribution in [2.24, 2.45) is 0 Å². The summed E-state index contributed by atoms with van der Waals surface area (Å²) in [6.45, 7) is 4.61. The lowest BCUT2D eigenvalue weighted by atomic mass is 10.2. The van der Waals surface area contributed by atoms with E-state index in [1.54, 1.807) is 7.11 Å². The van der Waals surface area contributed by atoms with Gasteiger partial charge in [-0.15, -0.1) is 0 Å². The van der Waals surface area contributed by atoms with Crippen LogP contribution >= 0.6 is 0 Å². The number of ether oxygens (including phenoxy) is 2. The Hall–Kier alpha value is -1.42. The third-order valence-corrected chi connectivity index (χ3v) is 2.92. The van der Waals surface area contributed by atoms with E-state index in [0.717, 1.165) is 31.2 Å². The van der Waals surface area contributed by atoms with Crippen LogP contribution in [0.4, 0.5) is 11.4 Å². The van der Waals surface area contributed by atoms with Crippen molar-refractivity contribution in [2.75, 3.05) is 37.5 Å². The minimum atomic E-state index is 0.391. The average molecular weight is 222 g/mol. The molecule has 1 aliphatic heterocycles. The van der Waals surface area contributed by atoms with Gasteiger partial charge in [0, 0.05) is 24.3 Å². The molecule has 2 N–H and O–H groups in total. The maximum absolute atomic E-state index is 5.80. The first kappa shape index (κ1) is 11.1. The highest BCUT2D eigenvalue weighted by molar-refractivity contribution is 5.62. The average Bonchev–Trinajstić information content (AvgIpc) is 2.31. The van der Waals surface area contributed by atoms with Crippen LogP contribution in [0.2, 0.25) is 0 Å². The number of hydrogen-bond donors (Lipinski definition) is 1. The molecule has 1 atom stereocenters. The van der Waals surface area contributed by atoms with E-state index < -0.39 is 0 Å². The summed E-state index contributed by atoms with van der Waals surface area (Å²) < 4.78 is 10.6. The molecule has 1 saturated heterocycles. The van der Waals surface area contributed by atoms with Crippen LogP contribution in [0, 0.1) is 0 Å². The lowest BCUT2D eigenvalue weighted by Crippen LogP contribution is -2.43. The summed E-state index contributed by atoms with van der Waals surface area (Å²) in [5.74, 6) is 0.733. The first-order valence-corrected chi connectivity index (χ1v) is 5.50. The molecule has 1 heterocycles. The van der Waals surface area contributed by atoms with Gasteiger partial charge in [-0.1, -0.05) is 0 Å². The number of methoxy groups -OCH3 is 1. The van der Waals surface area contributed by atoms with Crippen molar-refractivity contribution < 1.29 is 9.47 Å². The number of rotatable bonds is 2. The van der Waals surface area contributed by atoms with Crippen molar-refractivity contribution in [3.05, 3.63) is 18.2 Å². The molecule has 16 heavy (non-hydrogen) atoms. The summed E-state index contributed by atoms with van der Waals surface area (Å²) in [7, 11) is 1.64. The van der Waals surface area contributed by atoms with Gasteiger partial charge in [0.15, 0.2) is 0 Å². The monoisotopic (exact) mass is 222 g/mol. The van der Waals surface area contributed by atoms with E-state index in [9.17, 15) is 0 Å². The molecule has 1 aromatic carbocycles. The fourth-order valence-electron chi connectivity index (χ4n) is 1.99. The van der Waals surface area contributed by atoms with E-state index in [0.29, 0.717) is 11.7 Å². The van der Waals surface area contributed by atoms with Crippen molar-refractivity contribution >= 4 is 11.4 Å². The summed E-state index contributed by atoms with van der Waals surface area (Å²) in [6, 6.07) is 6.29. The standard InChI is InChI=1S/C12H18N2O2/c1-9-8-16-6-5-14(9)10-3-4-11(13)12(7-10)15-2/h3-4,7,9H,5-6,8,13H2,1-2H3. The second-order valence-electron chi connectivity index (χ2n) is 4.04. The normalized spacial score (nSPS) is 20.9. The molecule has 0 amide bonds. The van der Waals surface area contributed by atoms with Crippen molar-refractivity contribution in [1.82, 2.24) is 0 Å². The Bertz CT molecular complexity index is 368. The fraction of sp³-hybridized carbons (Fsp3) is 0.500. The largest absolute Gasteiger partial charge is 0.495 e. The fourth-order valence-corrected chi connectivity index (χ4v) is 1.99. The van der Waals surface area contributed by atoms with Gasteiger partial charge in [-0.3, -0.25) is 0 Å². The lowest BCUT2D eigenvalue weighted by molar-refractivity contribution is 0.0989. The van der Waals surface area contributed by atoms with Gasteiger partial charge in [-0.2, -0.15) is 0 Å². The smallest absolute Gasteiger partial charge is 0.143 e. The third-order valence-electron chi connectivity index (χ3n) is 2.92. The molecule has 4 heteroatoms. The topological polar surface area (TPSA) is 47.7 Å². The van der Waals surface area contributed by atoms with Crippen molar-refractivity contribution in [3.63, 3.8) is 0 Å². The first-order chi connectivity index (χ1) is 7.72. The van der Waals surface area contributed by atoms with Gasteiger partial charge in [-0.25, -0.2) is 0 Å². The number of anilines is 2. The van der Waals surface area contributed by atoms with Gasteiger partial charge in [0.1, 0.15) is 5.75 Å². The molecule has 0 saturated carbocycles. The van der Waals surface area contributed by atoms with Gasteiger partial charge < -0.3 is 20.1 Å². The molecule has 0 aromatic heterocycles. The summed E-state index contributed by atoms with van der Waals surface area (Å²) in [5, 5.41) is 0. The third kappa shape index (κ3) is 2.07. The predicted molar refractivity (Wildman–Crippen MR) is 65.0 cm³/mol. The van der Waals surface area contributed by atoms with Crippen LogP contribution in [0.5, 0.6) is 5.75 Å². The van der Waals surface area contributed by atoms with E-state index in [2.05, 4.69) is 11.8 Å². The van der Waals surface area contributed by atoms with Crippen LogP contribution in [0.3, 0.4) is 0 Å². The molecule has 0 radical (unpaired) electrons. The zero-order valence-electron chi connectivity index (χ0n) is 9.77. The molecule has 1 aromatic rings. The Balaban J connectivity index is 2.25. The second kappa shape index (κ2) is 4.61. The zero-order valence-corrected chi connectivity index (χ0v) is 9.77. The Labute approximate surface area is 95.9 Å². The Morgan fingerprint density at radius 3 is 3.00 bits per heavy atom. The Morgan fingerprint density at radius 2 is 2.31 bits per heavy atom. The molecule has 4 nitrogen and oxygen atoms in total. The minimum Gasteiger partial charge on any atom is -0.495 e. The summed E-state index contributed by atoms with van der Waals surface area (Å²) in [5.41, 5.74) is 7.61. The number of morpholine rings is 1. The quantitative estimate of drug-likeness (QED) is 0.770. The molecule has 88 valence electrons. The van der Waals surface area contributed by atoms with Gasteiger partial charge in [0.2, 0.25) is 0 Å². The highest BCUT2D eigenvalue weighted by Crippen LogP contribution is 2.29. The summed E-state index contributed by atoms with van der Waals surface area (Å²) >= 11 is 0. The van der Waals surface area contributed by atoms with Crippen LogP contribution < -0.4 is 15.4 Å². The molecule has 0 bridgehead atoms. The highest BCUT2D eigenvalue weighted by Gasteiger charge is 2.19. The Kier molecular flexibility index (Phi) is 3.19. The summed E-state index contributed by atoms with van der Waals surface area (Å²) in [4.78, 5) is 2.31. The van der Waals surface area contributed by atoms with Crippen LogP contribution in [0.1, 0.15) is 6.92 Å². The lowest BCUT2D eigenvalue weighted by Gasteiger charge is -2.35. The molecular formula is C12H18N2O2. The number of nitrogens with two attached hydrogens (primary N) is 1. The predicted octanol–water partition coefficient (Wildman–Crippen LogP) is 1.50. The molecule has 0 spiro atoms.